The van der Waals surface area contributed by atoms with Gasteiger partial charge in [0.05, 0.1) is 0 Å². The SMILES string of the molecule is Cc1nc(Nc2c(C)cccc2C(C)C)cc(C(=O)NCCCN(C)C)n1. The third-order valence-electron chi connectivity index (χ3n) is 4.32. The van der Waals surface area contributed by atoms with Gasteiger partial charge in [-0.15, -0.1) is 0 Å². The Hall–Kier alpha value is -2.47. The number of nitrogens with one attached hydrogen (secondary N) is 2. The van der Waals surface area contributed by atoms with E-state index in [-0.39, 0.29) is 5.91 Å². The molecule has 0 aliphatic carbocycles. The topological polar surface area (TPSA) is 70.2 Å². The molecule has 1 heterocycles. The average Bonchev–Trinajstić information content (AvgIpc) is 2.59. The van der Waals surface area contributed by atoms with Gasteiger partial charge in [-0.1, -0.05) is 32.0 Å². The number of carbonyl (C=O) groups is 1. The van der Waals surface area contributed by atoms with Crippen molar-refractivity contribution in [3.63, 3.8) is 0 Å². The Morgan fingerprint density at radius 3 is 2.59 bits per heavy atom. The zero-order valence-corrected chi connectivity index (χ0v) is 17.3. The number of amides is 1. The number of nitrogens with zero attached hydrogens (tertiary/aromatic N) is 3. The van der Waals surface area contributed by atoms with Crippen LogP contribution < -0.4 is 10.6 Å². The molecule has 2 rings (SSSR count). The van der Waals surface area contributed by atoms with E-state index in [2.05, 4.69) is 64.5 Å². The van der Waals surface area contributed by atoms with Gasteiger partial charge in [-0.25, -0.2) is 9.97 Å². The highest BCUT2D eigenvalue weighted by Crippen LogP contribution is 2.29. The second-order valence-corrected chi connectivity index (χ2v) is 7.42. The summed E-state index contributed by atoms with van der Waals surface area (Å²) < 4.78 is 0. The normalized spacial score (nSPS) is 11.1. The van der Waals surface area contributed by atoms with Crippen LogP contribution in [0.25, 0.3) is 0 Å². The molecule has 0 unspecified atom stereocenters. The molecule has 0 radical (unpaired) electrons. The van der Waals surface area contributed by atoms with E-state index in [9.17, 15) is 4.79 Å². The van der Waals surface area contributed by atoms with Gasteiger partial charge in [0.25, 0.3) is 5.91 Å². The van der Waals surface area contributed by atoms with Crippen LogP contribution in [0.2, 0.25) is 0 Å². The van der Waals surface area contributed by atoms with Crippen LogP contribution in [0.4, 0.5) is 11.5 Å². The standard InChI is InChI=1S/C21H31N5O/c1-14(2)17-10-7-9-15(3)20(17)25-19-13-18(23-16(4)24-19)21(27)22-11-8-12-26(5)6/h7,9-10,13-14H,8,11-12H2,1-6H3,(H,22,27)(H,23,24,25). The Kier molecular flexibility index (Phi) is 7.30. The largest absolute Gasteiger partial charge is 0.351 e. The summed E-state index contributed by atoms with van der Waals surface area (Å²) in [6.07, 6.45) is 0.898. The molecule has 146 valence electrons. The molecule has 0 aliphatic heterocycles. The second-order valence-electron chi connectivity index (χ2n) is 7.42. The molecule has 0 saturated carbocycles. The summed E-state index contributed by atoms with van der Waals surface area (Å²) in [7, 11) is 4.04. The van der Waals surface area contributed by atoms with Crippen molar-refractivity contribution in [2.24, 2.45) is 0 Å². The molecule has 0 fully saturated rings. The predicted molar refractivity (Wildman–Crippen MR) is 111 cm³/mol. The highest BCUT2D eigenvalue weighted by molar-refractivity contribution is 5.93. The average molecular weight is 370 g/mol. The van der Waals surface area contributed by atoms with E-state index in [1.165, 1.54) is 5.56 Å². The van der Waals surface area contributed by atoms with Crippen LogP contribution in [0, 0.1) is 13.8 Å². The van der Waals surface area contributed by atoms with Crippen LogP contribution in [-0.4, -0.2) is 48.0 Å². The van der Waals surface area contributed by atoms with E-state index < -0.39 is 0 Å². The molecule has 1 amide bonds. The highest BCUT2D eigenvalue weighted by Gasteiger charge is 2.13. The first-order valence-corrected chi connectivity index (χ1v) is 9.43. The van der Waals surface area contributed by atoms with Gasteiger partial charge in [-0.3, -0.25) is 4.79 Å². The summed E-state index contributed by atoms with van der Waals surface area (Å²) in [6, 6.07) is 7.96. The quantitative estimate of drug-likeness (QED) is 0.695. The third kappa shape index (κ3) is 6.03. The van der Waals surface area contributed by atoms with Crippen molar-refractivity contribution in [1.29, 1.82) is 0 Å². The lowest BCUT2D eigenvalue weighted by molar-refractivity contribution is 0.0947. The molecule has 1 aromatic heterocycles. The maximum absolute atomic E-state index is 12.4. The molecule has 0 bridgehead atoms. The summed E-state index contributed by atoms with van der Waals surface area (Å²) in [4.78, 5) is 23.3. The fourth-order valence-corrected chi connectivity index (χ4v) is 2.91. The van der Waals surface area contributed by atoms with Crippen molar-refractivity contribution in [3.05, 3.63) is 46.9 Å². The van der Waals surface area contributed by atoms with E-state index in [1.807, 2.05) is 14.1 Å². The zero-order valence-electron chi connectivity index (χ0n) is 17.3. The molecule has 0 saturated heterocycles. The zero-order chi connectivity index (χ0) is 20.0. The van der Waals surface area contributed by atoms with Crippen LogP contribution in [0.5, 0.6) is 0 Å². The minimum atomic E-state index is -0.170. The molecular formula is C21H31N5O. The Morgan fingerprint density at radius 2 is 1.93 bits per heavy atom. The van der Waals surface area contributed by atoms with Crippen LogP contribution in [0.15, 0.2) is 24.3 Å². The second kappa shape index (κ2) is 9.46. The number of benzene rings is 1. The molecular weight excluding hydrogens is 338 g/mol. The summed E-state index contributed by atoms with van der Waals surface area (Å²) >= 11 is 0. The summed E-state index contributed by atoms with van der Waals surface area (Å²) in [6.45, 7) is 9.75. The molecule has 1 aromatic carbocycles. The molecule has 0 spiro atoms. The summed E-state index contributed by atoms with van der Waals surface area (Å²) in [5, 5.41) is 6.33. The highest BCUT2D eigenvalue weighted by atomic mass is 16.1. The molecule has 0 aliphatic rings. The van der Waals surface area contributed by atoms with Gasteiger partial charge in [0.2, 0.25) is 0 Å². The van der Waals surface area contributed by atoms with Crippen LogP contribution >= 0.6 is 0 Å². The number of hydrogen-bond acceptors (Lipinski definition) is 5. The van der Waals surface area contributed by atoms with Crippen LogP contribution in [-0.2, 0) is 0 Å². The van der Waals surface area contributed by atoms with Crippen molar-refractivity contribution in [3.8, 4) is 0 Å². The Morgan fingerprint density at radius 1 is 1.19 bits per heavy atom. The number of aromatic nitrogens is 2. The molecule has 6 nitrogen and oxygen atoms in total. The van der Waals surface area contributed by atoms with Crippen molar-refractivity contribution in [2.45, 2.75) is 40.0 Å². The van der Waals surface area contributed by atoms with E-state index >= 15 is 0 Å². The first-order chi connectivity index (χ1) is 12.8. The fraction of sp³-hybridized carbons (Fsp3) is 0.476. The third-order valence-corrected chi connectivity index (χ3v) is 4.32. The molecule has 2 N–H and O–H groups in total. The summed E-state index contributed by atoms with van der Waals surface area (Å²) in [5.74, 6) is 1.42. The van der Waals surface area contributed by atoms with Gasteiger partial charge >= 0.3 is 0 Å². The maximum Gasteiger partial charge on any atom is 0.270 e. The first-order valence-electron chi connectivity index (χ1n) is 9.43. The van der Waals surface area contributed by atoms with Gasteiger partial charge < -0.3 is 15.5 Å². The number of anilines is 2. The van der Waals surface area contributed by atoms with E-state index in [4.69, 9.17) is 0 Å². The van der Waals surface area contributed by atoms with Crippen LogP contribution in [0.3, 0.4) is 0 Å². The first kappa shape index (κ1) is 20.8. The molecule has 27 heavy (non-hydrogen) atoms. The fourth-order valence-electron chi connectivity index (χ4n) is 2.91. The van der Waals surface area contributed by atoms with Gasteiger partial charge in [-0.2, -0.15) is 0 Å². The van der Waals surface area contributed by atoms with Crippen molar-refractivity contribution in [1.82, 2.24) is 20.2 Å². The van der Waals surface area contributed by atoms with E-state index in [1.54, 1.807) is 13.0 Å². The van der Waals surface area contributed by atoms with Crippen LogP contribution in [0.1, 0.15) is 53.6 Å². The monoisotopic (exact) mass is 369 g/mol. The Labute approximate surface area is 162 Å². The maximum atomic E-state index is 12.4. The number of rotatable bonds is 8. The Bertz CT molecular complexity index is 786. The summed E-state index contributed by atoms with van der Waals surface area (Å²) in [5.41, 5.74) is 3.80. The lowest BCUT2D eigenvalue weighted by Crippen LogP contribution is -2.28. The predicted octanol–water partition coefficient (Wildman–Crippen LogP) is 3.64. The number of aryl methyl sites for hydroxylation is 2. The van der Waals surface area contributed by atoms with Crippen molar-refractivity contribution >= 4 is 17.4 Å². The number of para-hydroxylation sites is 1. The molecule has 0 atom stereocenters. The minimum absolute atomic E-state index is 0.170. The van der Waals surface area contributed by atoms with Gasteiger partial charge in [-0.05, 0) is 58.0 Å². The number of carbonyl (C=O) groups excluding carboxylic acids is 1. The van der Waals surface area contributed by atoms with E-state index in [0.717, 1.165) is 24.2 Å². The lowest BCUT2D eigenvalue weighted by atomic mass is 9.98. The molecule has 2 aromatic rings. The lowest BCUT2D eigenvalue weighted by Gasteiger charge is -2.17. The van der Waals surface area contributed by atoms with Crippen molar-refractivity contribution < 1.29 is 4.79 Å². The van der Waals surface area contributed by atoms with Gasteiger partial charge in [0, 0.05) is 18.3 Å². The van der Waals surface area contributed by atoms with Crippen molar-refractivity contribution in [2.75, 3.05) is 32.5 Å². The smallest absolute Gasteiger partial charge is 0.270 e. The Balaban J connectivity index is 2.17. The van der Waals surface area contributed by atoms with Gasteiger partial charge in [0.1, 0.15) is 17.3 Å². The molecule has 6 heteroatoms. The van der Waals surface area contributed by atoms with Gasteiger partial charge in [0.15, 0.2) is 0 Å². The minimum Gasteiger partial charge on any atom is -0.351 e. The van der Waals surface area contributed by atoms with E-state index in [0.29, 0.717) is 29.8 Å². The number of hydrogen-bond donors (Lipinski definition) is 2.